The lowest BCUT2D eigenvalue weighted by molar-refractivity contribution is -0.0443. The molecule has 0 aromatic rings. The molecule has 1 aliphatic heterocycles. The number of hydrogen-bond acceptors (Lipinski definition) is 4. The normalized spacial score (nSPS) is 28.7. The second-order valence-electron chi connectivity index (χ2n) is 3.49. The molecule has 1 saturated heterocycles. The molecule has 2 N–H and O–H groups in total. The third-order valence-corrected chi connectivity index (χ3v) is 3.35. The summed E-state index contributed by atoms with van der Waals surface area (Å²) in [5.41, 5.74) is 0. The number of amides is 1. The molecule has 1 amide bonds. The van der Waals surface area contributed by atoms with Gasteiger partial charge in [0.1, 0.15) is 0 Å². The number of rotatable bonds is 2. The van der Waals surface area contributed by atoms with Gasteiger partial charge in [-0.25, -0.2) is 9.52 Å². The van der Waals surface area contributed by atoms with Crippen molar-refractivity contribution in [1.29, 1.82) is 0 Å². The summed E-state index contributed by atoms with van der Waals surface area (Å²) in [7, 11) is -3.94. The van der Waals surface area contributed by atoms with Gasteiger partial charge in [0.2, 0.25) is 0 Å². The van der Waals surface area contributed by atoms with Gasteiger partial charge in [-0.3, -0.25) is 0 Å². The molecule has 7 nitrogen and oxygen atoms in total. The Morgan fingerprint density at radius 2 is 1.87 bits per heavy atom. The van der Waals surface area contributed by atoms with Gasteiger partial charge < -0.3 is 9.84 Å². The Hall–Kier alpha value is -0.860. The molecule has 0 saturated carbocycles. The highest BCUT2D eigenvalue weighted by Crippen LogP contribution is 2.13. The molecule has 0 unspecified atom stereocenters. The van der Waals surface area contributed by atoms with E-state index in [9.17, 15) is 13.2 Å². The quantitative estimate of drug-likeness (QED) is 0.683. The monoisotopic (exact) mass is 238 g/mol. The van der Waals surface area contributed by atoms with Crippen molar-refractivity contribution in [3.63, 3.8) is 0 Å². The first-order valence-corrected chi connectivity index (χ1v) is 5.91. The van der Waals surface area contributed by atoms with E-state index in [1.54, 1.807) is 13.8 Å². The van der Waals surface area contributed by atoms with Crippen LogP contribution in [0.4, 0.5) is 4.79 Å². The molecule has 0 radical (unpaired) electrons. The minimum Gasteiger partial charge on any atom is -0.464 e. The first-order valence-electron chi connectivity index (χ1n) is 4.47. The van der Waals surface area contributed by atoms with E-state index in [2.05, 4.69) is 0 Å². The van der Waals surface area contributed by atoms with E-state index in [0.29, 0.717) is 0 Å². The Labute approximate surface area is 88.2 Å². The predicted octanol–water partition coefficient (Wildman–Crippen LogP) is -0.392. The van der Waals surface area contributed by atoms with Crippen molar-refractivity contribution >= 4 is 16.3 Å². The molecule has 0 bridgehead atoms. The van der Waals surface area contributed by atoms with Crippen molar-refractivity contribution in [2.24, 2.45) is 0 Å². The number of carboxylic acid groups (broad SMARTS) is 1. The fraction of sp³-hybridized carbons (Fsp3) is 0.857. The van der Waals surface area contributed by atoms with E-state index < -0.39 is 16.3 Å². The highest BCUT2D eigenvalue weighted by atomic mass is 32.2. The summed E-state index contributed by atoms with van der Waals surface area (Å²) >= 11 is 0. The van der Waals surface area contributed by atoms with E-state index >= 15 is 0 Å². The maximum Gasteiger partial charge on any atom is 0.419 e. The van der Waals surface area contributed by atoms with Gasteiger partial charge in [-0.15, -0.1) is 0 Å². The summed E-state index contributed by atoms with van der Waals surface area (Å²) in [6.45, 7) is 3.79. The van der Waals surface area contributed by atoms with Crippen LogP contribution in [0, 0.1) is 0 Å². The highest BCUT2D eigenvalue weighted by molar-refractivity contribution is 7.87. The van der Waals surface area contributed by atoms with Crippen molar-refractivity contribution in [1.82, 2.24) is 9.03 Å². The van der Waals surface area contributed by atoms with E-state index in [1.165, 1.54) is 4.72 Å². The van der Waals surface area contributed by atoms with Crippen LogP contribution in [-0.4, -0.2) is 49.2 Å². The lowest BCUT2D eigenvalue weighted by Crippen LogP contribution is -2.52. The summed E-state index contributed by atoms with van der Waals surface area (Å²) in [4.78, 5) is 10.3. The van der Waals surface area contributed by atoms with E-state index in [0.717, 1.165) is 4.31 Å². The summed E-state index contributed by atoms with van der Waals surface area (Å²) in [5, 5.41) is 8.36. The van der Waals surface area contributed by atoms with Gasteiger partial charge >= 0.3 is 16.3 Å². The Kier molecular flexibility index (Phi) is 3.53. The van der Waals surface area contributed by atoms with Crippen LogP contribution < -0.4 is 4.72 Å². The average molecular weight is 238 g/mol. The van der Waals surface area contributed by atoms with Crippen molar-refractivity contribution in [2.75, 3.05) is 13.1 Å². The fourth-order valence-electron chi connectivity index (χ4n) is 1.50. The first-order chi connectivity index (χ1) is 6.81. The van der Waals surface area contributed by atoms with Gasteiger partial charge in [0.25, 0.3) is 0 Å². The molecule has 1 aliphatic rings. The molecule has 2 atom stereocenters. The maximum atomic E-state index is 11.5. The Balaban J connectivity index is 2.74. The average Bonchev–Trinajstić information content (AvgIpc) is 1.99. The molecule has 1 fully saturated rings. The smallest absolute Gasteiger partial charge is 0.419 e. The highest BCUT2D eigenvalue weighted by Gasteiger charge is 2.31. The number of morpholine rings is 1. The van der Waals surface area contributed by atoms with Crippen molar-refractivity contribution in [3.05, 3.63) is 0 Å². The van der Waals surface area contributed by atoms with Crippen LogP contribution in [0.15, 0.2) is 0 Å². The van der Waals surface area contributed by atoms with Crippen LogP contribution in [0.5, 0.6) is 0 Å². The number of ether oxygens (including phenoxy) is 1. The summed E-state index contributed by atoms with van der Waals surface area (Å²) in [6.07, 6.45) is -2.06. The number of hydrogen-bond donors (Lipinski definition) is 2. The third-order valence-electron chi connectivity index (χ3n) is 1.94. The van der Waals surface area contributed by atoms with Gasteiger partial charge in [0.15, 0.2) is 0 Å². The zero-order chi connectivity index (χ0) is 11.6. The fourth-order valence-corrected chi connectivity index (χ4v) is 2.66. The minimum absolute atomic E-state index is 0.160. The number of nitrogens with zero attached hydrogens (tertiary/aromatic N) is 1. The molecule has 15 heavy (non-hydrogen) atoms. The van der Waals surface area contributed by atoms with Crippen molar-refractivity contribution < 1.29 is 23.1 Å². The Morgan fingerprint density at radius 1 is 1.40 bits per heavy atom. The van der Waals surface area contributed by atoms with Crippen molar-refractivity contribution in [3.8, 4) is 0 Å². The van der Waals surface area contributed by atoms with Crippen LogP contribution in [-0.2, 0) is 14.9 Å². The van der Waals surface area contributed by atoms with Gasteiger partial charge in [-0.2, -0.15) is 12.7 Å². The minimum atomic E-state index is -3.94. The summed E-state index contributed by atoms with van der Waals surface area (Å²) in [6, 6.07) is 0. The van der Waals surface area contributed by atoms with E-state index in [4.69, 9.17) is 9.84 Å². The summed E-state index contributed by atoms with van der Waals surface area (Å²) in [5.74, 6) is 0. The molecule has 0 spiro atoms. The first kappa shape index (κ1) is 12.2. The predicted molar refractivity (Wildman–Crippen MR) is 51.7 cm³/mol. The molecular formula is C7H14N2O5S. The van der Waals surface area contributed by atoms with Gasteiger partial charge in [0, 0.05) is 13.1 Å². The molecule has 0 aliphatic carbocycles. The second-order valence-corrected chi connectivity index (χ2v) is 5.16. The SMILES string of the molecule is C[C@@H]1CN(S(=O)(=O)NC(=O)O)C[C@H](C)O1. The van der Waals surface area contributed by atoms with Crippen LogP contribution >= 0.6 is 0 Å². The van der Waals surface area contributed by atoms with E-state index in [1.807, 2.05) is 0 Å². The Morgan fingerprint density at radius 3 is 2.27 bits per heavy atom. The standard InChI is InChI=1S/C7H14N2O5S/c1-5-3-9(4-6(2)14-5)15(12,13)8-7(10)11/h5-6,8H,3-4H2,1-2H3,(H,10,11)/t5-,6+. The van der Waals surface area contributed by atoms with Gasteiger partial charge in [-0.05, 0) is 13.8 Å². The van der Waals surface area contributed by atoms with E-state index in [-0.39, 0.29) is 25.3 Å². The van der Waals surface area contributed by atoms with Crippen LogP contribution in [0.25, 0.3) is 0 Å². The third kappa shape index (κ3) is 3.33. The van der Waals surface area contributed by atoms with Crippen LogP contribution in [0.3, 0.4) is 0 Å². The van der Waals surface area contributed by atoms with Gasteiger partial charge in [-0.1, -0.05) is 0 Å². The summed E-state index contributed by atoms with van der Waals surface area (Å²) < 4.78 is 30.8. The molecule has 1 heterocycles. The second kappa shape index (κ2) is 4.33. The Bertz CT molecular complexity index is 331. The van der Waals surface area contributed by atoms with Gasteiger partial charge in [0.05, 0.1) is 12.2 Å². The van der Waals surface area contributed by atoms with Crippen molar-refractivity contribution in [2.45, 2.75) is 26.1 Å². The number of nitrogens with one attached hydrogen (secondary N) is 1. The molecule has 0 aromatic heterocycles. The largest absolute Gasteiger partial charge is 0.464 e. The zero-order valence-corrected chi connectivity index (χ0v) is 9.32. The zero-order valence-electron chi connectivity index (χ0n) is 8.50. The maximum absolute atomic E-state index is 11.5. The van der Waals surface area contributed by atoms with Crippen LogP contribution in [0.2, 0.25) is 0 Å². The lowest BCUT2D eigenvalue weighted by Gasteiger charge is -2.33. The topological polar surface area (TPSA) is 95.9 Å². The molecule has 88 valence electrons. The molecular weight excluding hydrogens is 224 g/mol. The number of carbonyl (C=O) groups is 1. The molecule has 1 rings (SSSR count). The molecule has 8 heteroatoms. The molecule has 0 aromatic carbocycles. The van der Waals surface area contributed by atoms with Crippen LogP contribution in [0.1, 0.15) is 13.8 Å². The lowest BCUT2D eigenvalue weighted by atomic mass is 10.3.